The number of aromatic nitrogens is 2. The maximum Gasteiger partial charge on any atom is 0.264 e. The van der Waals surface area contributed by atoms with Crippen LogP contribution in [0.4, 0.5) is 0 Å². The second-order valence-corrected chi connectivity index (χ2v) is 3.92. The Morgan fingerprint density at radius 2 is 2.21 bits per heavy atom. The van der Waals surface area contributed by atoms with Gasteiger partial charge in [-0.1, -0.05) is 18.1 Å². The van der Waals surface area contributed by atoms with Gasteiger partial charge in [0.25, 0.3) is 5.89 Å². The minimum absolute atomic E-state index is 0.215. The van der Waals surface area contributed by atoms with Crippen LogP contribution in [0.3, 0.4) is 0 Å². The summed E-state index contributed by atoms with van der Waals surface area (Å²) in [6.45, 7) is 2.57. The molecule has 19 heavy (non-hydrogen) atoms. The molecule has 0 radical (unpaired) electrons. The fourth-order valence-corrected chi connectivity index (χ4v) is 1.60. The van der Waals surface area contributed by atoms with Gasteiger partial charge in [0.1, 0.15) is 11.5 Å². The standard InChI is InChI=1S/C13H17N3O3/c1-3-12-15-13(19-16-12)8-18-11-6-10(17-2)5-4-9(11)7-14/h4-6H,3,7-8,14H2,1-2H3. The molecule has 0 aliphatic rings. The average Bonchev–Trinajstić information content (AvgIpc) is 2.92. The van der Waals surface area contributed by atoms with Crippen molar-refractivity contribution >= 4 is 0 Å². The quantitative estimate of drug-likeness (QED) is 0.853. The molecule has 1 heterocycles. The first kappa shape index (κ1) is 13.4. The summed E-state index contributed by atoms with van der Waals surface area (Å²) in [7, 11) is 1.60. The van der Waals surface area contributed by atoms with Crippen LogP contribution in [-0.2, 0) is 19.6 Å². The highest BCUT2D eigenvalue weighted by molar-refractivity contribution is 5.40. The zero-order valence-electron chi connectivity index (χ0n) is 11.0. The van der Waals surface area contributed by atoms with E-state index >= 15 is 0 Å². The maximum absolute atomic E-state index is 5.66. The van der Waals surface area contributed by atoms with Crippen molar-refractivity contribution in [1.29, 1.82) is 0 Å². The van der Waals surface area contributed by atoms with Crippen LogP contribution >= 0.6 is 0 Å². The van der Waals surface area contributed by atoms with Crippen molar-refractivity contribution in [2.75, 3.05) is 7.11 Å². The van der Waals surface area contributed by atoms with E-state index in [-0.39, 0.29) is 6.61 Å². The SMILES string of the molecule is CCc1noc(COc2cc(OC)ccc2CN)n1. The lowest BCUT2D eigenvalue weighted by molar-refractivity contribution is 0.240. The fraction of sp³-hybridized carbons (Fsp3) is 0.385. The molecule has 0 unspecified atom stereocenters. The third-order valence-corrected chi connectivity index (χ3v) is 2.67. The third-order valence-electron chi connectivity index (χ3n) is 2.67. The highest BCUT2D eigenvalue weighted by Crippen LogP contribution is 2.25. The van der Waals surface area contributed by atoms with Gasteiger partial charge in [-0.15, -0.1) is 0 Å². The van der Waals surface area contributed by atoms with Crippen LogP contribution in [0.5, 0.6) is 11.5 Å². The van der Waals surface area contributed by atoms with Crippen LogP contribution < -0.4 is 15.2 Å². The molecule has 6 nitrogen and oxygen atoms in total. The molecule has 0 aliphatic carbocycles. The summed E-state index contributed by atoms with van der Waals surface area (Å²) in [6.07, 6.45) is 0.733. The van der Waals surface area contributed by atoms with E-state index in [1.807, 2.05) is 19.1 Å². The first-order valence-corrected chi connectivity index (χ1v) is 6.08. The third kappa shape index (κ3) is 3.23. The average molecular weight is 263 g/mol. The van der Waals surface area contributed by atoms with Gasteiger partial charge in [0, 0.05) is 24.6 Å². The zero-order chi connectivity index (χ0) is 13.7. The van der Waals surface area contributed by atoms with Gasteiger partial charge in [-0.3, -0.25) is 0 Å². The molecule has 1 aromatic heterocycles. The van der Waals surface area contributed by atoms with Crippen LogP contribution in [0.1, 0.15) is 24.2 Å². The molecule has 0 fully saturated rings. The van der Waals surface area contributed by atoms with Gasteiger partial charge in [0.05, 0.1) is 7.11 Å². The molecule has 1 aromatic carbocycles. The summed E-state index contributed by atoms with van der Waals surface area (Å²) in [5.74, 6) is 2.50. The lowest BCUT2D eigenvalue weighted by atomic mass is 10.2. The Bertz CT molecular complexity index is 540. The van der Waals surface area contributed by atoms with Gasteiger partial charge >= 0.3 is 0 Å². The van der Waals surface area contributed by atoms with E-state index in [0.29, 0.717) is 29.8 Å². The van der Waals surface area contributed by atoms with Crippen LogP contribution in [0, 0.1) is 0 Å². The summed E-state index contributed by atoms with van der Waals surface area (Å²) in [6, 6.07) is 5.51. The summed E-state index contributed by atoms with van der Waals surface area (Å²) >= 11 is 0. The number of ether oxygens (including phenoxy) is 2. The Morgan fingerprint density at radius 1 is 1.37 bits per heavy atom. The van der Waals surface area contributed by atoms with Crippen molar-refractivity contribution in [3.8, 4) is 11.5 Å². The normalized spacial score (nSPS) is 10.5. The van der Waals surface area contributed by atoms with E-state index in [2.05, 4.69) is 10.1 Å². The number of nitrogens with two attached hydrogens (primary N) is 1. The minimum Gasteiger partial charge on any atom is -0.497 e. The van der Waals surface area contributed by atoms with Gasteiger partial charge in [-0.2, -0.15) is 4.98 Å². The molecule has 0 saturated heterocycles. The molecule has 2 aromatic rings. The smallest absolute Gasteiger partial charge is 0.264 e. The molecule has 6 heteroatoms. The number of benzene rings is 1. The van der Waals surface area contributed by atoms with Crippen molar-refractivity contribution in [1.82, 2.24) is 10.1 Å². The minimum atomic E-state index is 0.215. The molecular formula is C13H17N3O3. The Morgan fingerprint density at radius 3 is 2.84 bits per heavy atom. The zero-order valence-corrected chi connectivity index (χ0v) is 11.0. The van der Waals surface area contributed by atoms with Gasteiger partial charge in [-0.05, 0) is 6.07 Å². The molecular weight excluding hydrogens is 246 g/mol. The number of hydrogen-bond donors (Lipinski definition) is 1. The van der Waals surface area contributed by atoms with Gasteiger partial charge < -0.3 is 19.7 Å². The second kappa shape index (κ2) is 6.19. The number of methoxy groups -OCH3 is 1. The monoisotopic (exact) mass is 263 g/mol. The maximum atomic E-state index is 5.66. The first-order valence-electron chi connectivity index (χ1n) is 6.08. The largest absolute Gasteiger partial charge is 0.497 e. The summed E-state index contributed by atoms with van der Waals surface area (Å²) in [5.41, 5.74) is 6.56. The van der Waals surface area contributed by atoms with Crippen molar-refractivity contribution in [3.63, 3.8) is 0 Å². The molecule has 102 valence electrons. The van der Waals surface area contributed by atoms with Crippen LogP contribution in [0.2, 0.25) is 0 Å². The molecule has 0 saturated carbocycles. The van der Waals surface area contributed by atoms with Crippen molar-refractivity contribution < 1.29 is 14.0 Å². The number of rotatable bonds is 6. The van der Waals surface area contributed by atoms with Crippen molar-refractivity contribution in [2.45, 2.75) is 26.5 Å². The predicted octanol–water partition coefficient (Wildman–Crippen LogP) is 1.68. The number of nitrogens with zero attached hydrogens (tertiary/aromatic N) is 2. The Kier molecular flexibility index (Phi) is 4.35. The van der Waals surface area contributed by atoms with Crippen LogP contribution in [0.15, 0.2) is 22.7 Å². The van der Waals surface area contributed by atoms with Gasteiger partial charge in [0.15, 0.2) is 12.4 Å². The molecule has 2 rings (SSSR count). The topological polar surface area (TPSA) is 83.4 Å². The lowest BCUT2D eigenvalue weighted by Gasteiger charge is -2.10. The van der Waals surface area contributed by atoms with Crippen molar-refractivity contribution in [2.24, 2.45) is 5.73 Å². The van der Waals surface area contributed by atoms with E-state index < -0.39 is 0 Å². The van der Waals surface area contributed by atoms with Crippen LogP contribution in [0.25, 0.3) is 0 Å². The molecule has 0 bridgehead atoms. The highest BCUT2D eigenvalue weighted by atomic mass is 16.5. The van der Waals surface area contributed by atoms with Gasteiger partial charge in [-0.25, -0.2) is 0 Å². The Balaban J connectivity index is 2.09. The molecule has 2 N–H and O–H groups in total. The summed E-state index contributed by atoms with van der Waals surface area (Å²) < 4.78 is 15.9. The Labute approximate surface area is 111 Å². The van der Waals surface area contributed by atoms with E-state index in [9.17, 15) is 0 Å². The fourth-order valence-electron chi connectivity index (χ4n) is 1.60. The molecule has 0 spiro atoms. The van der Waals surface area contributed by atoms with Crippen molar-refractivity contribution in [3.05, 3.63) is 35.5 Å². The van der Waals surface area contributed by atoms with E-state index in [0.717, 1.165) is 12.0 Å². The number of aryl methyl sites for hydroxylation is 1. The predicted molar refractivity (Wildman–Crippen MR) is 68.9 cm³/mol. The van der Waals surface area contributed by atoms with E-state index in [4.69, 9.17) is 19.7 Å². The first-order chi connectivity index (χ1) is 9.26. The number of hydrogen-bond acceptors (Lipinski definition) is 6. The lowest BCUT2D eigenvalue weighted by Crippen LogP contribution is -2.03. The van der Waals surface area contributed by atoms with E-state index in [1.165, 1.54) is 0 Å². The molecule has 0 atom stereocenters. The van der Waals surface area contributed by atoms with E-state index in [1.54, 1.807) is 13.2 Å². The van der Waals surface area contributed by atoms with Gasteiger partial charge in [0.2, 0.25) is 0 Å². The van der Waals surface area contributed by atoms with Crippen LogP contribution in [-0.4, -0.2) is 17.3 Å². The highest BCUT2D eigenvalue weighted by Gasteiger charge is 2.08. The Hall–Kier alpha value is -2.08. The molecule has 0 amide bonds. The molecule has 0 aliphatic heterocycles. The second-order valence-electron chi connectivity index (χ2n) is 3.92. The summed E-state index contributed by atoms with van der Waals surface area (Å²) in [5, 5.41) is 3.81. The summed E-state index contributed by atoms with van der Waals surface area (Å²) in [4.78, 5) is 4.18.